The highest BCUT2D eigenvalue weighted by molar-refractivity contribution is 7.98. The van der Waals surface area contributed by atoms with E-state index in [1.807, 2.05) is 31.2 Å². The topological polar surface area (TPSA) is 104 Å². The van der Waals surface area contributed by atoms with Crippen molar-refractivity contribution in [2.75, 3.05) is 10.6 Å². The lowest BCUT2D eigenvalue weighted by atomic mass is 9.92. The van der Waals surface area contributed by atoms with E-state index in [1.54, 1.807) is 0 Å². The van der Waals surface area contributed by atoms with Crippen molar-refractivity contribution < 1.29 is 14.0 Å². The first kappa shape index (κ1) is 22.0. The van der Waals surface area contributed by atoms with Crippen molar-refractivity contribution >= 4 is 46.7 Å². The number of H-pyrrole nitrogens is 1. The number of aryl methyl sites for hydroxylation is 1. The average Bonchev–Trinajstić information content (AvgIpc) is 2.74. The van der Waals surface area contributed by atoms with E-state index in [-0.39, 0.29) is 28.5 Å². The lowest BCUT2D eigenvalue weighted by Gasteiger charge is -2.23. The molecule has 4 rings (SSSR count). The number of carbonyl (C=O) groups excluding carboxylic acids is 2. The molecule has 1 aliphatic heterocycles. The van der Waals surface area contributed by atoms with Gasteiger partial charge in [0.05, 0.1) is 16.5 Å². The number of nitrogens with zero attached hydrogens (tertiary/aromatic N) is 1. The van der Waals surface area contributed by atoms with Crippen LogP contribution in [0.2, 0.25) is 5.02 Å². The van der Waals surface area contributed by atoms with Gasteiger partial charge in [0.2, 0.25) is 11.8 Å². The van der Waals surface area contributed by atoms with E-state index in [4.69, 9.17) is 11.6 Å². The summed E-state index contributed by atoms with van der Waals surface area (Å²) in [6.45, 7) is 1.99. The lowest BCUT2D eigenvalue weighted by Crippen LogP contribution is -2.36. The number of benzene rings is 2. The van der Waals surface area contributed by atoms with Gasteiger partial charge in [-0.2, -0.15) is 0 Å². The quantitative estimate of drug-likeness (QED) is 0.381. The molecular weight excluding hydrogens is 455 g/mol. The zero-order chi connectivity index (χ0) is 22.8. The Bertz CT molecular complexity index is 1280. The van der Waals surface area contributed by atoms with E-state index in [9.17, 15) is 18.8 Å². The van der Waals surface area contributed by atoms with Crippen molar-refractivity contribution in [1.82, 2.24) is 9.97 Å². The second kappa shape index (κ2) is 9.13. The number of carbonyl (C=O) groups is 2. The minimum Gasteiger partial charge on any atom is -0.325 e. The van der Waals surface area contributed by atoms with E-state index in [0.29, 0.717) is 10.9 Å². The van der Waals surface area contributed by atoms with Crippen LogP contribution in [0.1, 0.15) is 29.0 Å². The van der Waals surface area contributed by atoms with Gasteiger partial charge in [0.1, 0.15) is 11.6 Å². The second-order valence-electron chi connectivity index (χ2n) is 7.33. The monoisotopic (exact) mass is 472 g/mol. The number of amides is 2. The number of thioether (sulfide) groups is 1. The fraction of sp³-hybridized carbons (Fsp3) is 0.182. The fourth-order valence-electron chi connectivity index (χ4n) is 3.40. The number of rotatable bonds is 5. The highest BCUT2D eigenvalue weighted by Gasteiger charge is 2.34. The summed E-state index contributed by atoms with van der Waals surface area (Å²) in [5.41, 5.74) is 2.02. The van der Waals surface area contributed by atoms with Crippen molar-refractivity contribution in [2.24, 2.45) is 0 Å². The Balaban J connectivity index is 1.57. The molecule has 0 spiro atoms. The standard InChI is InChI=1S/C22H18ClFN4O3S/c1-11-3-2-4-12(7-11)10-32-22-27-19-18(21(31)28-22)14(9-17(29)26-19)20(30)25-13-5-6-16(24)15(23)8-13/h2-8,14H,9-10H2,1H3,(H,25,30)(H2,26,27,28,29,31)/t14-/m0/s1. The smallest absolute Gasteiger partial charge is 0.257 e. The first-order valence-electron chi connectivity index (χ1n) is 9.68. The van der Waals surface area contributed by atoms with Gasteiger partial charge >= 0.3 is 0 Å². The van der Waals surface area contributed by atoms with Crippen molar-refractivity contribution in [2.45, 2.75) is 30.2 Å². The summed E-state index contributed by atoms with van der Waals surface area (Å²) in [5.74, 6) is -2.04. The number of fused-ring (bicyclic) bond motifs is 1. The highest BCUT2D eigenvalue weighted by atomic mass is 35.5. The molecule has 3 aromatic rings. The van der Waals surface area contributed by atoms with Crippen LogP contribution < -0.4 is 16.2 Å². The molecule has 0 radical (unpaired) electrons. The summed E-state index contributed by atoms with van der Waals surface area (Å²) < 4.78 is 13.4. The van der Waals surface area contributed by atoms with Crippen molar-refractivity contribution in [3.8, 4) is 0 Å². The van der Waals surface area contributed by atoms with Crippen LogP contribution in [0.15, 0.2) is 52.4 Å². The molecule has 0 saturated heterocycles. The van der Waals surface area contributed by atoms with Gasteiger partial charge in [-0.15, -0.1) is 0 Å². The largest absolute Gasteiger partial charge is 0.325 e. The van der Waals surface area contributed by atoms with E-state index >= 15 is 0 Å². The Morgan fingerprint density at radius 1 is 1.28 bits per heavy atom. The number of nitrogens with one attached hydrogen (secondary N) is 3. The van der Waals surface area contributed by atoms with Gasteiger partial charge in [-0.3, -0.25) is 14.4 Å². The Hall–Kier alpha value is -3.17. The van der Waals surface area contributed by atoms with Crippen molar-refractivity contribution in [3.05, 3.63) is 80.3 Å². The minimum atomic E-state index is -1.05. The molecule has 0 saturated carbocycles. The zero-order valence-electron chi connectivity index (χ0n) is 16.9. The van der Waals surface area contributed by atoms with Gasteiger partial charge in [-0.25, -0.2) is 9.37 Å². The number of aromatic amines is 1. The molecule has 0 fully saturated rings. The highest BCUT2D eigenvalue weighted by Crippen LogP contribution is 2.31. The molecule has 1 atom stereocenters. The van der Waals surface area contributed by atoms with Crippen LogP contribution in [0, 0.1) is 12.7 Å². The Morgan fingerprint density at radius 2 is 2.09 bits per heavy atom. The Labute approximate surface area is 191 Å². The molecule has 2 aromatic carbocycles. The maximum atomic E-state index is 13.4. The first-order chi connectivity index (χ1) is 15.3. The summed E-state index contributed by atoms with van der Waals surface area (Å²) in [6, 6.07) is 11.7. The number of hydrogen-bond acceptors (Lipinski definition) is 5. The van der Waals surface area contributed by atoms with Crippen LogP contribution in [0.4, 0.5) is 15.9 Å². The predicted octanol–water partition coefficient (Wildman–Crippen LogP) is 4.23. The number of aromatic nitrogens is 2. The van der Waals surface area contributed by atoms with Gasteiger partial charge < -0.3 is 15.6 Å². The molecule has 32 heavy (non-hydrogen) atoms. The third-order valence-electron chi connectivity index (χ3n) is 4.89. The summed E-state index contributed by atoms with van der Waals surface area (Å²) in [6.07, 6.45) is -0.214. The van der Waals surface area contributed by atoms with Gasteiger partial charge in [-0.1, -0.05) is 53.2 Å². The fourth-order valence-corrected chi connectivity index (χ4v) is 4.38. The normalized spacial score (nSPS) is 15.1. The molecule has 0 bridgehead atoms. The Kier molecular flexibility index (Phi) is 6.29. The molecule has 7 nitrogen and oxygen atoms in total. The summed E-state index contributed by atoms with van der Waals surface area (Å²) >= 11 is 7.07. The average molecular weight is 473 g/mol. The molecular formula is C22H18ClFN4O3S. The van der Waals surface area contributed by atoms with Crippen LogP contribution in [0.25, 0.3) is 0 Å². The molecule has 164 valence electrons. The van der Waals surface area contributed by atoms with Crippen LogP contribution in [0.5, 0.6) is 0 Å². The minimum absolute atomic E-state index is 0.0639. The molecule has 3 N–H and O–H groups in total. The lowest BCUT2D eigenvalue weighted by molar-refractivity contribution is -0.123. The first-order valence-corrected chi connectivity index (χ1v) is 11.0. The summed E-state index contributed by atoms with van der Waals surface area (Å²) in [5, 5.41) is 5.34. The molecule has 2 heterocycles. The predicted molar refractivity (Wildman–Crippen MR) is 122 cm³/mol. The summed E-state index contributed by atoms with van der Waals surface area (Å²) in [4.78, 5) is 44.9. The molecule has 0 aliphatic carbocycles. The van der Waals surface area contributed by atoms with Crippen molar-refractivity contribution in [3.63, 3.8) is 0 Å². The number of hydrogen-bond donors (Lipinski definition) is 3. The third kappa shape index (κ3) is 4.84. The second-order valence-corrected chi connectivity index (χ2v) is 8.71. The van der Waals surface area contributed by atoms with Crippen LogP contribution in [-0.2, 0) is 15.3 Å². The van der Waals surface area contributed by atoms with E-state index in [0.717, 1.165) is 17.2 Å². The van der Waals surface area contributed by atoms with Crippen LogP contribution in [0.3, 0.4) is 0 Å². The maximum Gasteiger partial charge on any atom is 0.257 e. The SMILES string of the molecule is Cc1cccc(CSc2nc3c(c(=O)[nH]2)[C@@H](C(=O)Nc2ccc(F)c(Cl)c2)CC(=O)N3)c1. The van der Waals surface area contributed by atoms with Crippen LogP contribution >= 0.6 is 23.4 Å². The van der Waals surface area contributed by atoms with E-state index in [2.05, 4.69) is 20.6 Å². The van der Waals surface area contributed by atoms with Gasteiger partial charge in [-0.05, 0) is 30.7 Å². The molecule has 0 unspecified atom stereocenters. The Morgan fingerprint density at radius 3 is 2.84 bits per heavy atom. The van der Waals surface area contributed by atoms with Crippen molar-refractivity contribution in [1.29, 1.82) is 0 Å². The third-order valence-corrected chi connectivity index (χ3v) is 6.13. The zero-order valence-corrected chi connectivity index (χ0v) is 18.4. The van der Waals surface area contributed by atoms with Gasteiger partial charge in [0, 0.05) is 17.9 Å². The van der Waals surface area contributed by atoms with Gasteiger partial charge in [0.25, 0.3) is 5.56 Å². The van der Waals surface area contributed by atoms with E-state index < -0.39 is 29.1 Å². The number of halogens is 2. The van der Waals surface area contributed by atoms with Crippen LogP contribution in [-0.4, -0.2) is 21.8 Å². The molecule has 10 heteroatoms. The molecule has 1 aliphatic rings. The van der Waals surface area contributed by atoms with E-state index in [1.165, 1.54) is 23.9 Å². The summed E-state index contributed by atoms with van der Waals surface area (Å²) in [7, 11) is 0. The molecule has 2 amide bonds. The maximum absolute atomic E-state index is 13.4. The van der Waals surface area contributed by atoms with Gasteiger partial charge in [0.15, 0.2) is 5.16 Å². The molecule has 1 aromatic heterocycles. The number of anilines is 2.